The van der Waals surface area contributed by atoms with Crippen molar-refractivity contribution in [3.63, 3.8) is 0 Å². The highest BCUT2D eigenvalue weighted by molar-refractivity contribution is 5.94. The molecule has 1 atom stereocenters. The van der Waals surface area contributed by atoms with Crippen molar-refractivity contribution in [2.45, 2.75) is 25.6 Å². The third-order valence-corrected chi connectivity index (χ3v) is 2.66. The lowest BCUT2D eigenvalue weighted by atomic mass is 10.0. The Kier molecular flexibility index (Phi) is 5.66. The van der Waals surface area contributed by atoms with Crippen LogP contribution in [0.4, 0.5) is 0 Å². The van der Waals surface area contributed by atoms with Gasteiger partial charge >= 0.3 is 5.97 Å². The van der Waals surface area contributed by atoms with Crippen LogP contribution in [0, 0.1) is 0 Å². The molecule has 0 fully saturated rings. The molecule has 1 rings (SSSR count). The number of hydrogen-bond donors (Lipinski definition) is 3. The van der Waals surface area contributed by atoms with Gasteiger partial charge in [0.25, 0.3) is 5.91 Å². The minimum atomic E-state index is -1.48. The maximum Gasteiger partial charge on any atom is 0.306 e. The zero-order valence-electron chi connectivity index (χ0n) is 11.5. The largest absolute Gasteiger partial charge is 0.481 e. The number of benzene rings is 1. The molecular weight excluding hydrogens is 262 g/mol. The molecule has 0 spiro atoms. The average molecular weight is 281 g/mol. The van der Waals surface area contributed by atoms with E-state index in [9.17, 15) is 14.7 Å². The third-order valence-electron chi connectivity index (χ3n) is 2.66. The quantitative estimate of drug-likeness (QED) is 0.686. The van der Waals surface area contributed by atoms with E-state index in [4.69, 9.17) is 9.84 Å². The monoisotopic (exact) mass is 281 g/mol. The van der Waals surface area contributed by atoms with Gasteiger partial charge in [0.2, 0.25) is 0 Å². The van der Waals surface area contributed by atoms with Crippen LogP contribution in [0.25, 0.3) is 0 Å². The SMILES string of the molecule is COCc1cccc(C(=O)NCC(C)(O)CC(=O)O)c1. The van der Waals surface area contributed by atoms with Gasteiger partial charge in [0.15, 0.2) is 0 Å². The second kappa shape index (κ2) is 7.02. The summed E-state index contributed by atoms with van der Waals surface area (Å²) in [5.74, 6) is -1.49. The molecule has 0 aliphatic carbocycles. The maximum absolute atomic E-state index is 11.9. The summed E-state index contributed by atoms with van der Waals surface area (Å²) in [6.07, 6.45) is -0.434. The lowest BCUT2D eigenvalue weighted by molar-refractivity contribution is -0.141. The van der Waals surface area contributed by atoms with Crippen LogP contribution in [-0.4, -0.2) is 41.3 Å². The van der Waals surface area contributed by atoms with E-state index < -0.39 is 18.0 Å². The third kappa shape index (κ3) is 5.38. The maximum atomic E-state index is 11.9. The van der Waals surface area contributed by atoms with Crippen LogP contribution in [0.2, 0.25) is 0 Å². The number of nitrogens with one attached hydrogen (secondary N) is 1. The summed E-state index contributed by atoms with van der Waals surface area (Å²) in [7, 11) is 1.57. The molecule has 6 nitrogen and oxygen atoms in total. The van der Waals surface area contributed by atoms with E-state index in [1.165, 1.54) is 6.92 Å². The van der Waals surface area contributed by atoms with Gasteiger partial charge in [-0.25, -0.2) is 0 Å². The minimum Gasteiger partial charge on any atom is -0.481 e. The van der Waals surface area contributed by atoms with Crippen LogP contribution in [0.15, 0.2) is 24.3 Å². The summed E-state index contributed by atoms with van der Waals surface area (Å²) in [5.41, 5.74) is -0.186. The summed E-state index contributed by atoms with van der Waals surface area (Å²) in [6.45, 7) is 1.63. The average Bonchev–Trinajstić information content (AvgIpc) is 2.35. The number of aliphatic carboxylic acids is 1. The molecule has 6 heteroatoms. The number of carbonyl (C=O) groups is 2. The summed E-state index contributed by atoms with van der Waals surface area (Å²) in [5, 5.41) is 21.0. The van der Waals surface area contributed by atoms with Crippen molar-refractivity contribution in [2.24, 2.45) is 0 Å². The molecule has 1 aromatic carbocycles. The first kappa shape index (κ1) is 16.1. The number of rotatable bonds is 7. The zero-order chi connectivity index (χ0) is 15.2. The first-order valence-electron chi connectivity index (χ1n) is 6.14. The molecule has 110 valence electrons. The van der Waals surface area contributed by atoms with E-state index in [1.807, 2.05) is 6.07 Å². The fourth-order valence-electron chi connectivity index (χ4n) is 1.73. The van der Waals surface area contributed by atoms with Gasteiger partial charge < -0.3 is 20.3 Å². The number of hydrogen-bond acceptors (Lipinski definition) is 4. The van der Waals surface area contributed by atoms with E-state index in [2.05, 4.69) is 5.32 Å². The Morgan fingerprint density at radius 1 is 1.40 bits per heavy atom. The highest BCUT2D eigenvalue weighted by Gasteiger charge is 2.25. The van der Waals surface area contributed by atoms with Crippen LogP contribution in [0.5, 0.6) is 0 Å². The van der Waals surface area contributed by atoms with E-state index in [-0.39, 0.29) is 12.5 Å². The number of ether oxygens (including phenoxy) is 1. The number of carboxylic acids is 1. The standard InChI is InChI=1S/C14H19NO5/c1-14(19,7-12(16)17)9-15-13(18)11-5-3-4-10(6-11)8-20-2/h3-6,19H,7-9H2,1-2H3,(H,15,18)(H,16,17). The second-order valence-electron chi connectivity index (χ2n) is 4.88. The van der Waals surface area contributed by atoms with Crippen LogP contribution in [0.3, 0.4) is 0 Å². The molecule has 1 aromatic rings. The molecule has 1 amide bonds. The highest BCUT2D eigenvalue weighted by atomic mass is 16.5. The summed E-state index contributed by atoms with van der Waals surface area (Å²) < 4.78 is 4.98. The molecule has 0 aromatic heterocycles. The van der Waals surface area contributed by atoms with Gasteiger partial charge in [-0.3, -0.25) is 9.59 Å². The van der Waals surface area contributed by atoms with Crippen molar-refractivity contribution in [3.8, 4) is 0 Å². The van der Waals surface area contributed by atoms with Gasteiger partial charge in [-0.15, -0.1) is 0 Å². The number of carboxylic acid groups (broad SMARTS) is 1. The smallest absolute Gasteiger partial charge is 0.306 e. The van der Waals surface area contributed by atoms with Crippen molar-refractivity contribution in [3.05, 3.63) is 35.4 Å². The van der Waals surface area contributed by atoms with E-state index in [0.717, 1.165) is 5.56 Å². The van der Waals surface area contributed by atoms with Gasteiger partial charge in [0.05, 0.1) is 18.6 Å². The Labute approximate surface area is 117 Å². The lowest BCUT2D eigenvalue weighted by Crippen LogP contribution is -2.42. The molecule has 0 aliphatic heterocycles. The Balaban J connectivity index is 2.62. The van der Waals surface area contributed by atoms with Crippen molar-refractivity contribution in [1.29, 1.82) is 0 Å². The predicted molar refractivity (Wildman–Crippen MR) is 72.4 cm³/mol. The topological polar surface area (TPSA) is 95.9 Å². The predicted octanol–water partition coefficient (Wildman–Crippen LogP) is 0.788. The van der Waals surface area contributed by atoms with Gasteiger partial charge in [-0.05, 0) is 24.6 Å². The molecule has 0 aliphatic rings. The zero-order valence-corrected chi connectivity index (χ0v) is 11.5. The second-order valence-corrected chi connectivity index (χ2v) is 4.88. The number of aliphatic hydroxyl groups is 1. The number of carbonyl (C=O) groups excluding carboxylic acids is 1. The minimum absolute atomic E-state index is 0.132. The first-order valence-corrected chi connectivity index (χ1v) is 6.14. The normalized spacial score (nSPS) is 13.6. The Hall–Kier alpha value is -1.92. The number of methoxy groups -OCH3 is 1. The fourth-order valence-corrected chi connectivity index (χ4v) is 1.73. The summed E-state index contributed by atoms with van der Waals surface area (Å²) in [4.78, 5) is 22.5. The molecule has 0 radical (unpaired) electrons. The van der Waals surface area contributed by atoms with Gasteiger partial charge in [0, 0.05) is 19.2 Å². The van der Waals surface area contributed by atoms with Crippen molar-refractivity contribution < 1.29 is 24.5 Å². The fraction of sp³-hybridized carbons (Fsp3) is 0.429. The van der Waals surface area contributed by atoms with Gasteiger partial charge in [0.1, 0.15) is 0 Å². The van der Waals surface area contributed by atoms with Crippen molar-refractivity contribution >= 4 is 11.9 Å². The van der Waals surface area contributed by atoms with Crippen molar-refractivity contribution in [1.82, 2.24) is 5.32 Å². The molecule has 0 saturated carbocycles. The van der Waals surface area contributed by atoms with Gasteiger partial charge in [-0.2, -0.15) is 0 Å². The van der Waals surface area contributed by atoms with E-state index in [1.54, 1.807) is 25.3 Å². The van der Waals surface area contributed by atoms with Crippen molar-refractivity contribution in [2.75, 3.05) is 13.7 Å². The highest BCUT2D eigenvalue weighted by Crippen LogP contribution is 2.09. The first-order chi connectivity index (χ1) is 9.34. The molecule has 3 N–H and O–H groups in total. The van der Waals surface area contributed by atoms with Crippen LogP contribution in [0.1, 0.15) is 29.3 Å². The van der Waals surface area contributed by atoms with E-state index >= 15 is 0 Å². The Morgan fingerprint density at radius 3 is 2.70 bits per heavy atom. The van der Waals surface area contributed by atoms with E-state index in [0.29, 0.717) is 12.2 Å². The van der Waals surface area contributed by atoms with Crippen LogP contribution in [-0.2, 0) is 16.1 Å². The molecule has 0 bridgehead atoms. The van der Waals surface area contributed by atoms with Crippen LogP contribution >= 0.6 is 0 Å². The molecular formula is C14H19NO5. The summed E-state index contributed by atoms with van der Waals surface area (Å²) in [6, 6.07) is 6.89. The summed E-state index contributed by atoms with van der Waals surface area (Å²) >= 11 is 0. The Bertz CT molecular complexity index is 484. The molecule has 1 unspecified atom stereocenters. The molecule has 0 saturated heterocycles. The lowest BCUT2D eigenvalue weighted by Gasteiger charge is -2.21. The number of amides is 1. The molecule has 0 heterocycles. The van der Waals surface area contributed by atoms with Gasteiger partial charge in [-0.1, -0.05) is 12.1 Å². The van der Waals surface area contributed by atoms with Crippen LogP contribution < -0.4 is 5.32 Å². The Morgan fingerprint density at radius 2 is 2.10 bits per heavy atom. The molecule has 20 heavy (non-hydrogen) atoms.